The zero-order chi connectivity index (χ0) is 15.3. The fourth-order valence-corrected chi connectivity index (χ4v) is 4.03. The number of piperidine rings is 1. The number of sulfonamides is 1. The monoisotopic (exact) mass is 333 g/mol. The SMILES string of the molecule is CCCCS(=O)(=O)N1CCC[C@@H](Oc2ncc(Cl)cn2)C1. The van der Waals surface area contributed by atoms with Crippen LogP contribution in [0.3, 0.4) is 0 Å². The van der Waals surface area contributed by atoms with Crippen LogP contribution in [-0.2, 0) is 10.0 Å². The third-order valence-electron chi connectivity index (χ3n) is 3.36. The van der Waals surface area contributed by atoms with E-state index in [1.54, 1.807) is 0 Å². The summed E-state index contributed by atoms with van der Waals surface area (Å²) in [6.45, 7) is 2.90. The van der Waals surface area contributed by atoms with Crippen molar-refractivity contribution in [3.8, 4) is 6.01 Å². The second kappa shape index (κ2) is 7.38. The highest BCUT2D eigenvalue weighted by molar-refractivity contribution is 7.89. The Morgan fingerprint density at radius 1 is 1.43 bits per heavy atom. The van der Waals surface area contributed by atoms with Gasteiger partial charge < -0.3 is 4.74 Å². The first-order valence-corrected chi connectivity index (χ1v) is 9.12. The Labute approximate surface area is 130 Å². The Balaban J connectivity index is 1.95. The molecule has 1 aliphatic heterocycles. The molecule has 0 spiro atoms. The molecule has 0 unspecified atom stereocenters. The number of hydrogen-bond acceptors (Lipinski definition) is 5. The molecule has 1 saturated heterocycles. The highest BCUT2D eigenvalue weighted by atomic mass is 35.5. The molecule has 8 heteroatoms. The van der Waals surface area contributed by atoms with Gasteiger partial charge in [-0.25, -0.2) is 18.4 Å². The van der Waals surface area contributed by atoms with E-state index in [0.29, 0.717) is 24.5 Å². The van der Waals surface area contributed by atoms with Gasteiger partial charge in [-0.05, 0) is 19.3 Å². The first kappa shape index (κ1) is 16.5. The average Bonchev–Trinajstić information content (AvgIpc) is 2.48. The van der Waals surface area contributed by atoms with Crippen molar-refractivity contribution < 1.29 is 13.2 Å². The molecule has 0 aromatic carbocycles. The minimum atomic E-state index is -3.19. The molecule has 21 heavy (non-hydrogen) atoms. The summed E-state index contributed by atoms with van der Waals surface area (Å²) in [5, 5.41) is 0.440. The molecular weight excluding hydrogens is 314 g/mol. The van der Waals surface area contributed by atoms with Crippen molar-refractivity contribution >= 4 is 21.6 Å². The number of halogens is 1. The van der Waals surface area contributed by atoms with Crippen LogP contribution in [0.2, 0.25) is 5.02 Å². The third-order valence-corrected chi connectivity index (χ3v) is 5.48. The van der Waals surface area contributed by atoms with E-state index in [0.717, 1.165) is 19.3 Å². The van der Waals surface area contributed by atoms with Crippen molar-refractivity contribution in [2.45, 2.75) is 38.7 Å². The summed E-state index contributed by atoms with van der Waals surface area (Å²) < 4.78 is 31.6. The van der Waals surface area contributed by atoms with Gasteiger partial charge in [0.05, 0.1) is 29.7 Å². The van der Waals surface area contributed by atoms with Gasteiger partial charge in [-0.1, -0.05) is 24.9 Å². The van der Waals surface area contributed by atoms with Gasteiger partial charge in [0.15, 0.2) is 0 Å². The fraction of sp³-hybridized carbons (Fsp3) is 0.692. The zero-order valence-corrected chi connectivity index (χ0v) is 13.6. The van der Waals surface area contributed by atoms with Crippen molar-refractivity contribution in [2.75, 3.05) is 18.8 Å². The van der Waals surface area contributed by atoms with Gasteiger partial charge >= 0.3 is 6.01 Å². The number of hydrogen-bond donors (Lipinski definition) is 0. The van der Waals surface area contributed by atoms with Gasteiger partial charge in [-0.15, -0.1) is 0 Å². The summed E-state index contributed by atoms with van der Waals surface area (Å²) in [5.41, 5.74) is 0. The van der Waals surface area contributed by atoms with E-state index in [9.17, 15) is 8.42 Å². The van der Waals surface area contributed by atoms with Crippen LogP contribution >= 0.6 is 11.6 Å². The minimum absolute atomic E-state index is 0.202. The molecule has 0 amide bonds. The van der Waals surface area contributed by atoms with Gasteiger partial charge in [0.25, 0.3) is 0 Å². The highest BCUT2D eigenvalue weighted by Crippen LogP contribution is 2.19. The number of rotatable bonds is 6. The standard InChI is InChI=1S/C13H20ClN3O3S/c1-2-3-7-21(18,19)17-6-4-5-12(10-17)20-13-15-8-11(14)9-16-13/h8-9,12H,2-7,10H2,1H3/t12-/m1/s1. The number of nitrogens with zero attached hydrogens (tertiary/aromatic N) is 3. The average molecular weight is 334 g/mol. The molecular formula is C13H20ClN3O3S. The van der Waals surface area contributed by atoms with Crippen LogP contribution in [0.15, 0.2) is 12.4 Å². The van der Waals surface area contributed by atoms with Crippen LogP contribution in [0.5, 0.6) is 6.01 Å². The van der Waals surface area contributed by atoms with E-state index in [-0.39, 0.29) is 17.9 Å². The molecule has 0 aliphatic carbocycles. The Kier molecular flexibility index (Phi) is 5.78. The molecule has 118 valence electrons. The Bertz CT molecular complexity index is 550. The summed E-state index contributed by atoms with van der Waals surface area (Å²) >= 11 is 5.72. The Morgan fingerprint density at radius 3 is 2.81 bits per heavy atom. The summed E-state index contributed by atoms with van der Waals surface area (Å²) in [5.74, 6) is 0.202. The lowest BCUT2D eigenvalue weighted by molar-refractivity contribution is 0.119. The van der Waals surface area contributed by atoms with Crippen molar-refractivity contribution in [3.63, 3.8) is 0 Å². The summed E-state index contributed by atoms with van der Waals surface area (Å²) in [4.78, 5) is 7.95. The van der Waals surface area contributed by atoms with Gasteiger partial charge in [0, 0.05) is 6.54 Å². The van der Waals surface area contributed by atoms with E-state index in [4.69, 9.17) is 16.3 Å². The summed E-state index contributed by atoms with van der Waals surface area (Å²) in [6, 6.07) is 0.234. The third kappa shape index (κ3) is 4.79. The molecule has 1 fully saturated rings. The lowest BCUT2D eigenvalue weighted by Gasteiger charge is -2.31. The molecule has 0 N–H and O–H groups in total. The van der Waals surface area contributed by atoms with Crippen molar-refractivity contribution in [1.82, 2.24) is 14.3 Å². The van der Waals surface area contributed by atoms with Crippen LogP contribution in [0.4, 0.5) is 0 Å². The summed E-state index contributed by atoms with van der Waals surface area (Å²) in [7, 11) is -3.19. The van der Waals surface area contributed by atoms with Crippen LogP contribution in [0, 0.1) is 0 Å². The van der Waals surface area contributed by atoms with Crippen LogP contribution in [0.25, 0.3) is 0 Å². The second-order valence-electron chi connectivity index (χ2n) is 5.09. The van der Waals surface area contributed by atoms with E-state index in [1.165, 1.54) is 16.7 Å². The molecule has 2 heterocycles. The van der Waals surface area contributed by atoms with Crippen LogP contribution < -0.4 is 4.74 Å². The minimum Gasteiger partial charge on any atom is -0.459 e. The van der Waals surface area contributed by atoms with E-state index in [2.05, 4.69) is 9.97 Å². The van der Waals surface area contributed by atoms with E-state index >= 15 is 0 Å². The van der Waals surface area contributed by atoms with Gasteiger partial charge in [-0.3, -0.25) is 0 Å². The highest BCUT2D eigenvalue weighted by Gasteiger charge is 2.29. The smallest absolute Gasteiger partial charge is 0.316 e. The van der Waals surface area contributed by atoms with Crippen molar-refractivity contribution in [3.05, 3.63) is 17.4 Å². The Hall–Kier alpha value is -0.920. The fourth-order valence-electron chi connectivity index (χ4n) is 2.22. The predicted molar refractivity (Wildman–Crippen MR) is 81.0 cm³/mol. The maximum Gasteiger partial charge on any atom is 0.316 e. The van der Waals surface area contributed by atoms with Gasteiger partial charge in [0.2, 0.25) is 10.0 Å². The molecule has 1 aromatic heterocycles. The maximum atomic E-state index is 12.2. The normalized spacial score (nSPS) is 20.4. The predicted octanol–water partition coefficient (Wildman–Crippen LogP) is 2.10. The molecule has 0 bridgehead atoms. The molecule has 0 saturated carbocycles. The Morgan fingerprint density at radius 2 is 2.14 bits per heavy atom. The van der Waals surface area contributed by atoms with E-state index < -0.39 is 10.0 Å². The van der Waals surface area contributed by atoms with E-state index in [1.807, 2.05) is 6.92 Å². The van der Waals surface area contributed by atoms with Crippen LogP contribution in [0.1, 0.15) is 32.6 Å². The topological polar surface area (TPSA) is 72.4 Å². The number of ether oxygens (including phenoxy) is 1. The molecule has 1 atom stereocenters. The lowest BCUT2D eigenvalue weighted by atomic mass is 10.1. The molecule has 6 nitrogen and oxygen atoms in total. The largest absolute Gasteiger partial charge is 0.459 e. The number of aromatic nitrogens is 2. The van der Waals surface area contributed by atoms with Gasteiger partial charge in [-0.2, -0.15) is 4.31 Å². The quantitative estimate of drug-likeness (QED) is 0.797. The summed E-state index contributed by atoms with van der Waals surface area (Å²) in [6.07, 6.45) is 5.84. The van der Waals surface area contributed by atoms with Crippen molar-refractivity contribution in [1.29, 1.82) is 0 Å². The molecule has 1 aromatic rings. The lowest BCUT2D eigenvalue weighted by Crippen LogP contribution is -2.45. The van der Waals surface area contributed by atoms with Gasteiger partial charge in [0.1, 0.15) is 6.10 Å². The number of unbranched alkanes of at least 4 members (excludes halogenated alkanes) is 1. The van der Waals surface area contributed by atoms with Crippen molar-refractivity contribution in [2.24, 2.45) is 0 Å². The first-order chi connectivity index (χ1) is 10.0. The molecule has 1 aliphatic rings. The first-order valence-electron chi connectivity index (χ1n) is 7.13. The van der Waals surface area contributed by atoms with Crippen LogP contribution in [-0.4, -0.2) is 47.6 Å². The second-order valence-corrected chi connectivity index (χ2v) is 7.62. The zero-order valence-electron chi connectivity index (χ0n) is 12.0. The molecule has 2 rings (SSSR count). The molecule has 0 radical (unpaired) electrons. The maximum absolute atomic E-state index is 12.2.